The van der Waals surface area contributed by atoms with Gasteiger partial charge >= 0.3 is 0 Å². The van der Waals surface area contributed by atoms with Gasteiger partial charge in [-0.2, -0.15) is 11.8 Å². The summed E-state index contributed by atoms with van der Waals surface area (Å²) in [6.45, 7) is 2.73. The van der Waals surface area contributed by atoms with Gasteiger partial charge in [-0.25, -0.2) is 0 Å². The van der Waals surface area contributed by atoms with Crippen LogP contribution in [0.4, 0.5) is 0 Å². The fourth-order valence-electron chi connectivity index (χ4n) is 2.06. The summed E-state index contributed by atoms with van der Waals surface area (Å²) >= 11 is 1.80. The molecule has 0 fully saturated rings. The van der Waals surface area contributed by atoms with Gasteiger partial charge in [0.25, 0.3) is 0 Å². The number of amides is 1. The van der Waals surface area contributed by atoms with Crippen molar-refractivity contribution >= 4 is 28.6 Å². The van der Waals surface area contributed by atoms with Gasteiger partial charge in [0, 0.05) is 37.3 Å². The normalized spacial score (nSPS) is 10.7. The van der Waals surface area contributed by atoms with Gasteiger partial charge in [-0.1, -0.05) is 25.1 Å². The minimum Gasteiger partial charge on any atom is -0.341 e. The summed E-state index contributed by atoms with van der Waals surface area (Å²) in [7, 11) is 1.86. The Bertz CT molecular complexity index is 585. The summed E-state index contributed by atoms with van der Waals surface area (Å²) in [5.41, 5.74) is 2.06. The quantitative estimate of drug-likeness (QED) is 0.764. The number of hydrogen-bond acceptors (Lipinski definition) is 3. The molecule has 0 unspecified atom stereocenters. The molecule has 0 aliphatic carbocycles. The van der Waals surface area contributed by atoms with Crippen LogP contribution in [0, 0.1) is 0 Å². The lowest BCUT2D eigenvalue weighted by molar-refractivity contribution is -0.129. The van der Waals surface area contributed by atoms with E-state index in [1.54, 1.807) is 16.7 Å². The van der Waals surface area contributed by atoms with Crippen LogP contribution in [0.5, 0.6) is 0 Å². The number of para-hydroxylation sites is 1. The first-order chi connectivity index (χ1) is 9.70. The van der Waals surface area contributed by atoms with E-state index in [1.807, 2.05) is 37.5 Å². The van der Waals surface area contributed by atoms with Crippen LogP contribution in [0.2, 0.25) is 0 Å². The number of carbonyl (C=O) groups is 1. The molecular weight excluding hydrogens is 268 g/mol. The van der Waals surface area contributed by atoms with Crippen molar-refractivity contribution in [3.8, 4) is 0 Å². The van der Waals surface area contributed by atoms with Gasteiger partial charge in [0.2, 0.25) is 5.91 Å². The van der Waals surface area contributed by atoms with Crippen LogP contribution in [0.3, 0.4) is 0 Å². The Labute approximate surface area is 124 Å². The van der Waals surface area contributed by atoms with E-state index in [2.05, 4.69) is 18.0 Å². The van der Waals surface area contributed by atoms with Crippen molar-refractivity contribution in [1.29, 1.82) is 0 Å². The molecular formula is C16H20N2OS. The molecule has 2 rings (SSSR count). The Morgan fingerprint density at radius 3 is 2.95 bits per heavy atom. The zero-order chi connectivity index (χ0) is 14.4. The monoisotopic (exact) mass is 288 g/mol. The average Bonchev–Trinajstić information content (AvgIpc) is 2.47. The first kappa shape index (κ1) is 14.9. The molecule has 1 heterocycles. The molecule has 0 radical (unpaired) electrons. The number of aromatic nitrogens is 1. The summed E-state index contributed by atoms with van der Waals surface area (Å²) in [6.07, 6.45) is 2.46. The maximum atomic E-state index is 12.0. The van der Waals surface area contributed by atoms with Gasteiger partial charge in [0.1, 0.15) is 0 Å². The summed E-state index contributed by atoms with van der Waals surface area (Å²) in [5, 5.41) is 1.12. The Morgan fingerprint density at radius 1 is 1.35 bits per heavy atom. The summed E-state index contributed by atoms with van der Waals surface area (Å²) in [4.78, 5) is 18.2. The molecule has 2 aromatic rings. The van der Waals surface area contributed by atoms with Gasteiger partial charge in [0.15, 0.2) is 0 Å². The summed E-state index contributed by atoms with van der Waals surface area (Å²) < 4.78 is 0. The SMILES string of the molecule is CCSCCC(=O)N(C)Cc1cnc2ccccc2c1. The molecule has 0 aliphatic heterocycles. The molecule has 0 spiro atoms. The maximum Gasteiger partial charge on any atom is 0.223 e. The molecule has 0 aliphatic rings. The van der Waals surface area contributed by atoms with E-state index in [4.69, 9.17) is 0 Å². The Hall–Kier alpha value is -1.55. The predicted molar refractivity (Wildman–Crippen MR) is 85.8 cm³/mol. The third kappa shape index (κ3) is 3.97. The predicted octanol–water partition coefficient (Wildman–Crippen LogP) is 3.34. The van der Waals surface area contributed by atoms with Crippen molar-refractivity contribution in [2.75, 3.05) is 18.6 Å². The molecule has 106 valence electrons. The largest absolute Gasteiger partial charge is 0.341 e. The second kappa shape index (κ2) is 7.29. The molecule has 1 aromatic heterocycles. The van der Waals surface area contributed by atoms with E-state index in [-0.39, 0.29) is 5.91 Å². The zero-order valence-electron chi connectivity index (χ0n) is 12.0. The van der Waals surface area contributed by atoms with E-state index in [0.29, 0.717) is 13.0 Å². The fourth-order valence-corrected chi connectivity index (χ4v) is 2.67. The smallest absolute Gasteiger partial charge is 0.223 e. The van der Waals surface area contributed by atoms with Crippen LogP contribution >= 0.6 is 11.8 Å². The second-order valence-electron chi connectivity index (χ2n) is 4.73. The highest BCUT2D eigenvalue weighted by Crippen LogP contribution is 2.14. The number of rotatable bonds is 6. The second-order valence-corrected chi connectivity index (χ2v) is 6.13. The highest BCUT2D eigenvalue weighted by molar-refractivity contribution is 7.99. The van der Waals surface area contributed by atoms with Crippen LogP contribution < -0.4 is 0 Å². The van der Waals surface area contributed by atoms with E-state index >= 15 is 0 Å². The van der Waals surface area contributed by atoms with Crippen molar-refractivity contribution in [3.63, 3.8) is 0 Å². The van der Waals surface area contributed by atoms with Gasteiger partial charge in [0.05, 0.1) is 5.52 Å². The molecule has 3 nitrogen and oxygen atoms in total. The molecule has 1 amide bonds. The van der Waals surface area contributed by atoms with E-state index in [0.717, 1.165) is 28.0 Å². The minimum absolute atomic E-state index is 0.194. The van der Waals surface area contributed by atoms with Crippen LogP contribution in [0.1, 0.15) is 18.9 Å². The van der Waals surface area contributed by atoms with Crippen molar-refractivity contribution in [2.24, 2.45) is 0 Å². The van der Waals surface area contributed by atoms with Crippen LogP contribution in [0.25, 0.3) is 10.9 Å². The highest BCUT2D eigenvalue weighted by Gasteiger charge is 2.09. The molecule has 0 saturated carbocycles. The lowest BCUT2D eigenvalue weighted by atomic mass is 10.1. The molecule has 0 N–H and O–H groups in total. The van der Waals surface area contributed by atoms with Gasteiger partial charge < -0.3 is 4.90 Å². The van der Waals surface area contributed by atoms with Crippen LogP contribution in [-0.4, -0.2) is 34.3 Å². The molecule has 0 atom stereocenters. The van der Waals surface area contributed by atoms with Crippen molar-refractivity contribution in [1.82, 2.24) is 9.88 Å². The Morgan fingerprint density at radius 2 is 2.15 bits per heavy atom. The standard InChI is InChI=1S/C16H20N2OS/c1-3-20-9-8-16(19)18(2)12-13-10-14-6-4-5-7-15(14)17-11-13/h4-7,10-11H,3,8-9,12H2,1-2H3. The molecule has 4 heteroatoms. The van der Waals surface area contributed by atoms with Gasteiger partial charge in [-0.3, -0.25) is 9.78 Å². The first-order valence-electron chi connectivity index (χ1n) is 6.86. The molecule has 0 saturated heterocycles. The number of thioether (sulfide) groups is 1. The van der Waals surface area contributed by atoms with Crippen LogP contribution in [-0.2, 0) is 11.3 Å². The summed E-state index contributed by atoms with van der Waals surface area (Å²) in [5.74, 6) is 2.15. The lowest BCUT2D eigenvalue weighted by Crippen LogP contribution is -2.26. The number of carbonyl (C=O) groups excluding carboxylic acids is 1. The van der Waals surface area contributed by atoms with E-state index < -0.39 is 0 Å². The molecule has 20 heavy (non-hydrogen) atoms. The Kier molecular flexibility index (Phi) is 5.41. The van der Waals surface area contributed by atoms with Crippen molar-refractivity contribution in [2.45, 2.75) is 19.9 Å². The van der Waals surface area contributed by atoms with Gasteiger partial charge in [-0.05, 0) is 23.4 Å². The summed E-state index contributed by atoms with van der Waals surface area (Å²) in [6, 6.07) is 10.1. The number of hydrogen-bond donors (Lipinski definition) is 0. The maximum absolute atomic E-state index is 12.0. The molecule has 0 bridgehead atoms. The molecule has 1 aromatic carbocycles. The van der Waals surface area contributed by atoms with Crippen molar-refractivity contribution < 1.29 is 4.79 Å². The third-order valence-electron chi connectivity index (χ3n) is 3.16. The number of benzene rings is 1. The van der Waals surface area contributed by atoms with E-state index in [1.165, 1.54) is 0 Å². The minimum atomic E-state index is 0.194. The highest BCUT2D eigenvalue weighted by atomic mass is 32.2. The fraction of sp³-hybridized carbons (Fsp3) is 0.375. The third-order valence-corrected chi connectivity index (χ3v) is 4.06. The topological polar surface area (TPSA) is 33.2 Å². The lowest BCUT2D eigenvalue weighted by Gasteiger charge is -2.17. The first-order valence-corrected chi connectivity index (χ1v) is 8.01. The number of nitrogens with zero attached hydrogens (tertiary/aromatic N) is 2. The Balaban J connectivity index is 1.98. The average molecular weight is 288 g/mol. The van der Waals surface area contributed by atoms with Crippen LogP contribution in [0.15, 0.2) is 36.5 Å². The van der Waals surface area contributed by atoms with Crippen molar-refractivity contribution in [3.05, 3.63) is 42.1 Å². The number of fused-ring (bicyclic) bond motifs is 1. The van der Waals surface area contributed by atoms with E-state index in [9.17, 15) is 4.79 Å². The zero-order valence-corrected chi connectivity index (χ0v) is 12.8. The number of pyridine rings is 1. The van der Waals surface area contributed by atoms with Gasteiger partial charge in [-0.15, -0.1) is 0 Å².